The van der Waals surface area contributed by atoms with E-state index in [1.54, 1.807) is 0 Å². The van der Waals surface area contributed by atoms with Crippen molar-refractivity contribution in [1.82, 2.24) is 5.32 Å². The Kier molecular flexibility index (Phi) is 6.42. The first-order valence-electron chi connectivity index (χ1n) is 8.64. The lowest BCUT2D eigenvalue weighted by molar-refractivity contribution is -0.128. The molecule has 1 N–H and O–H groups in total. The number of hydrogen-bond acceptors (Lipinski definition) is 2. The molecule has 0 saturated heterocycles. The number of carbonyl (C=O) groups is 1. The second-order valence-electron chi connectivity index (χ2n) is 6.16. The Bertz CT molecular complexity index is 667. The molecule has 128 valence electrons. The molecule has 0 spiro atoms. The minimum Gasteiger partial charge on any atom is -0.481 e. The summed E-state index contributed by atoms with van der Waals surface area (Å²) in [5, 5.41) is 3.15. The van der Waals surface area contributed by atoms with Gasteiger partial charge in [-0.3, -0.25) is 4.79 Å². The molecule has 0 aliphatic carbocycles. The molecule has 0 aromatic heterocycles. The van der Waals surface area contributed by atoms with Gasteiger partial charge in [-0.15, -0.1) is 0 Å². The van der Waals surface area contributed by atoms with E-state index in [-0.39, 0.29) is 11.9 Å². The maximum Gasteiger partial charge on any atom is 0.261 e. The van der Waals surface area contributed by atoms with Crippen molar-refractivity contribution >= 4 is 5.91 Å². The molecule has 0 radical (unpaired) electrons. The summed E-state index contributed by atoms with van der Waals surface area (Å²) in [6, 6.07) is 15.9. The van der Waals surface area contributed by atoms with Gasteiger partial charge in [0.15, 0.2) is 6.10 Å². The fourth-order valence-corrected chi connectivity index (χ4v) is 2.87. The minimum atomic E-state index is -0.479. The SMILES string of the molecule is CC[C@H](NC(=O)[C@@H](CC)Oc1ccccc1)c1ccc(C)cc1C. The summed E-state index contributed by atoms with van der Waals surface area (Å²) >= 11 is 0. The highest BCUT2D eigenvalue weighted by molar-refractivity contribution is 5.81. The molecule has 3 heteroatoms. The largest absolute Gasteiger partial charge is 0.481 e. The molecule has 0 aliphatic rings. The number of para-hydroxylation sites is 1. The Hall–Kier alpha value is -2.29. The number of aryl methyl sites for hydroxylation is 2. The molecule has 3 nitrogen and oxygen atoms in total. The number of carbonyl (C=O) groups excluding carboxylic acids is 1. The Morgan fingerprint density at radius 3 is 2.33 bits per heavy atom. The summed E-state index contributed by atoms with van der Waals surface area (Å²) in [6.07, 6.45) is 0.994. The summed E-state index contributed by atoms with van der Waals surface area (Å²) in [4.78, 5) is 12.7. The average molecular weight is 325 g/mol. The van der Waals surface area contributed by atoms with Crippen molar-refractivity contribution in [2.75, 3.05) is 0 Å². The lowest BCUT2D eigenvalue weighted by atomic mass is 9.97. The molecule has 0 fully saturated rings. The van der Waals surface area contributed by atoms with E-state index in [1.807, 2.05) is 37.3 Å². The zero-order chi connectivity index (χ0) is 17.5. The van der Waals surface area contributed by atoms with Crippen LogP contribution in [0, 0.1) is 13.8 Å². The zero-order valence-corrected chi connectivity index (χ0v) is 15.0. The molecule has 2 rings (SSSR count). The van der Waals surface area contributed by atoms with E-state index in [2.05, 4.69) is 44.3 Å². The van der Waals surface area contributed by atoms with Crippen molar-refractivity contribution in [2.45, 2.75) is 52.7 Å². The fourth-order valence-electron chi connectivity index (χ4n) is 2.87. The maximum absolute atomic E-state index is 12.7. The van der Waals surface area contributed by atoms with Crippen molar-refractivity contribution in [3.8, 4) is 5.75 Å². The van der Waals surface area contributed by atoms with Crippen molar-refractivity contribution in [1.29, 1.82) is 0 Å². The van der Waals surface area contributed by atoms with E-state index in [1.165, 1.54) is 16.7 Å². The first kappa shape index (κ1) is 18.1. The van der Waals surface area contributed by atoms with Gasteiger partial charge in [0.05, 0.1) is 6.04 Å². The third-order valence-corrected chi connectivity index (χ3v) is 4.21. The molecule has 0 saturated carbocycles. The number of rotatable bonds is 7. The first-order chi connectivity index (χ1) is 11.5. The van der Waals surface area contributed by atoms with E-state index in [4.69, 9.17) is 4.74 Å². The highest BCUT2D eigenvalue weighted by Crippen LogP contribution is 2.22. The van der Waals surface area contributed by atoms with E-state index in [0.717, 1.165) is 12.2 Å². The lowest BCUT2D eigenvalue weighted by Gasteiger charge is -2.23. The zero-order valence-electron chi connectivity index (χ0n) is 15.0. The van der Waals surface area contributed by atoms with E-state index in [0.29, 0.717) is 6.42 Å². The minimum absolute atomic E-state index is 0.00604. The Labute approximate surface area is 145 Å². The lowest BCUT2D eigenvalue weighted by Crippen LogP contribution is -2.40. The van der Waals surface area contributed by atoms with Crippen LogP contribution < -0.4 is 10.1 Å². The van der Waals surface area contributed by atoms with Crippen LogP contribution in [0.25, 0.3) is 0 Å². The number of amides is 1. The molecule has 0 bridgehead atoms. The van der Waals surface area contributed by atoms with Gasteiger partial charge in [-0.2, -0.15) is 0 Å². The predicted octanol–water partition coefficient (Wildman–Crippen LogP) is 4.73. The number of nitrogens with one attached hydrogen (secondary N) is 1. The molecule has 0 unspecified atom stereocenters. The fraction of sp³-hybridized carbons (Fsp3) is 0.381. The van der Waals surface area contributed by atoms with Crippen LogP contribution in [-0.4, -0.2) is 12.0 Å². The van der Waals surface area contributed by atoms with Crippen molar-refractivity contribution in [3.63, 3.8) is 0 Å². The third kappa shape index (κ3) is 4.60. The van der Waals surface area contributed by atoms with Gasteiger partial charge < -0.3 is 10.1 Å². The highest BCUT2D eigenvalue weighted by Gasteiger charge is 2.22. The average Bonchev–Trinajstić information content (AvgIpc) is 2.58. The predicted molar refractivity (Wildman–Crippen MR) is 98.2 cm³/mol. The molecule has 1 amide bonds. The van der Waals surface area contributed by atoms with Crippen LogP contribution in [0.2, 0.25) is 0 Å². The van der Waals surface area contributed by atoms with Crippen molar-refractivity contribution in [3.05, 3.63) is 65.2 Å². The van der Waals surface area contributed by atoms with Gasteiger partial charge in [0, 0.05) is 0 Å². The molecule has 0 aliphatic heterocycles. The van der Waals surface area contributed by atoms with Crippen LogP contribution >= 0.6 is 0 Å². The van der Waals surface area contributed by atoms with E-state index < -0.39 is 6.10 Å². The standard InChI is InChI=1S/C21H27NO2/c1-5-19(18-13-12-15(3)14-16(18)4)22-21(23)20(6-2)24-17-10-8-7-9-11-17/h7-14,19-20H,5-6H2,1-4H3,(H,22,23)/t19-,20+/m0/s1. The third-order valence-electron chi connectivity index (χ3n) is 4.21. The smallest absolute Gasteiger partial charge is 0.261 e. The normalized spacial score (nSPS) is 13.2. The number of hydrogen-bond donors (Lipinski definition) is 1. The van der Waals surface area contributed by atoms with Crippen LogP contribution in [0.15, 0.2) is 48.5 Å². The molecule has 2 atom stereocenters. The van der Waals surface area contributed by atoms with Crippen LogP contribution in [0.1, 0.15) is 49.4 Å². The van der Waals surface area contributed by atoms with Crippen molar-refractivity contribution in [2.24, 2.45) is 0 Å². The van der Waals surface area contributed by atoms with Crippen LogP contribution in [0.5, 0.6) is 5.75 Å². The van der Waals surface area contributed by atoms with E-state index >= 15 is 0 Å². The number of ether oxygens (including phenoxy) is 1. The van der Waals surface area contributed by atoms with Crippen molar-refractivity contribution < 1.29 is 9.53 Å². The summed E-state index contributed by atoms with van der Waals surface area (Å²) in [7, 11) is 0. The molecule has 2 aromatic carbocycles. The second kappa shape index (κ2) is 8.53. The van der Waals surface area contributed by atoms with Crippen LogP contribution in [0.4, 0.5) is 0 Å². The monoisotopic (exact) mass is 325 g/mol. The van der Waals surface area contributed by atoms with Gasteiger partial charge in [-0.1, -0.05) is 55.8 Å². The number of benzene rings is 2. The van der Waals surface area contributed by atoms with Gasteiger partial charge in [0.1, 0.15) is 5.75 Å². The first-order valence-corrected chi connectivity index (χ1v) is 8.64. The molecular formula is C21H27NO2. The summed E-state index contributed by atoms with van der Waals surface area (Å²) in [5.74, 6) is 0.659. The highest BCUT2D eigenvalue weighted by atomic mass is 16.5. The Balaban J connectivity index is 2.09. The Morgan fingerprint density at radius 2 is 1.75 bits per heavy atom. The Morgan fingerprint density at radius 1 is 1.04 bits per heavy atom. The maximum atomic E-state index is 12.7. The van der Waals surface area contributed by atoms with Gasteiger partial charge in [0.2, 0.25) is 0 Å². The van der Waals surface area contributed by atoms with Gasteiger partial charge in [-0.05, 0) is 49.9 Å². The summed E-state index contributed by atoms with van der Waals surface area (Å²) in [6.45, 7) is 8.22. The van der Waals surface area contributed by atoms with Gasteiger partial charge in [-0.25, -0.2) is 0 Å². The molecule has 2 aromatic rings. The van der Waals surface area contributed by atoms with Crippen LogP contribution in [0.3, 0.4) is 0 Å². The molecule has 24 heavy (non-hydrogen) atoms. The summed E-state index contributed by atoms with van der Waals surface area (Å²) in [5.41, 5.74) is 3.61. The van der Waals surface area contributed by atoms with Gasteiger partial charge in [0.25, 0.3) is 5.91 Å². The van der Waals surface area contributed by atoms with Gasteiger partial charge >= 0.3 is 0 Å². The topological polar surface area (TPSA) is 38.3 Å². The van der Waals surface area contributed by atoms with Crippen LogP contribution in [-0.2, 0) is 4.79 Å². The summed E-state index contributed by atoms with van der Waals surface area (Å²) < 4.78 is 5.84. The van der Waals surface area contributed by atoms with E-state index in [9.17, 15) is 4.79 Å². The quantitative estimate of drug-likeness (QED) is 0.799. The molecule has 0 heterocycles. The molecular weight excluding hydrogens is 298 g/mol. The second-order valence-corrected chi connectivity index (χ2v) is 6.16.